The Kier molecular flexibility index (Phi) is 8.48. The summed E-state index contributed by atoms with van der Waals surface area (Å²) < 4.78 is 49.4. The predicted molar refractivity (Wildman–Crippen MR) is 144 cm³/mol. The van der Waals surface area contributed by atoms with Gasteiger partial charge in [0.05, 0.1) is 14.2 Å². The van der Waals surface area contributed by atoms with Crippen molar-refractivity contribution in [3.05, 3.63) is 119 Å². The molecule has 0 radical (unpaired) electrons. The maximum absolute atomic E-state index is 13.5. The summed E-state index contributed by atoms with van der Waals surface area (Å²) >= 11 is 0. The maximum Gasteiger partial charge on any atom is 0.203 e. The molecule has 0 aliphatic rings. The molecule has 4 aromatic rings. The number of ether oxygens (including phenoxy) is 4. The molecule has 0 aliphatic carbocycles. The topological polar surface area (TPSA) is 71.1 Å². The van der Waals surface area contributed by atoms with Gasteiger partial charge in [-0.15, -0.1) is 0 Å². The van der Waals surface area contributed by atoms with E-state index in [4.69, 9.17) is 18.9 Å². The van der Waals surface area contributed by atoms with Crippen LogP contribution in [0.3, 0.4) is 0 Å². The summed E-state index contributed by atoms with van der Waals surface area (Å²) in [5.41, 5.74) is 2.49. The van der Waals surface area contributed by atoms with Crippen molar-refractivity contribution < 1.29 is 27.4 Å². The minimum Gasteiger partial charge on any atom is -0.497 e. The molecule has 0 bridgehead atoms. The number of sulfone groups is 1. The van der Waals surface area contributed by atoms with Crippen LogP contribution >= 0.6 is 0 Å². The second-order valence-corrected chi connectivity index (χ2v) is 9.91. The molecule has 0 unspecified atom stereocenters. The smallest absolute Gasteiger partial charge is 0.203 e. The lowest BCUT2D eigenvalue weighted by Crippen LogP contribution is -2.04. The van der Waals surface area contributed by atoms with E-state index in [1.54, 1.807) is 37.4 Å². The van der Waals surface area contributed by atoms with Gasteiger partial charge in [0.2, 0.25) is 9.84 Å². The van der Waals surface area contributed by atoms with Gasteiger partial charge in [0, 0.05) is 23.1 Å². The Bertz CT molecular complexity index is 1450. The van der Waals surface area contributed by atoms with Crippen molar-refractivity contribution in [1.29, 1.82) is 0 Å². The lowest BCUT2D eigenvalue weighted by molar-refractivity contribution is 0.290. The van der Waals surface area contributed by atoms with Crippen molar-refractivity contribution in [2.75, 3.05) is 14.2 Å². The van der Waals surface area contributed by atoms with E-state index in [0.29, 0.717) is 29.4 Å². The van der Waals surface area contributed by atoms with Gasteiger partial charge in [-0.25, -0.2) is 8.42 Å². The Balaban J connectivity index is 1.64. The van der Waals surface area contributed by atoms with Crippen LogP contribution in [0.5, 0.6) is 23.0 Å². The summed E-state index contributed by atoms with van der Waals surface area (Å²) in [6, 6.07) is 29.2. The quantitative estimate of drug-likeness (QED) is 0.233. The van der Waals surface area contributed by atoms with Crippen LogP contribution in [0.1, 0.15) is 16.7 Å². The fraction of sp³-hybridized carbons (Fsp3) is 0.133. The van der Waals surface area contributed by atoms with Crippen LogP contribution in [-0.2, 0) is 23.1 Å². The zero-order chi connectivity index (χ0) is 26.1. The van der Waals surface area contributed by atoms with E-state index in [2.05, 4.69) is 0 Å². The molecule has 0 N–H and O–H groups in total. The minimum atomic E-state index is -3.91. The SMILES string of the molecule is COc1ccc(/C=C/S(=O)(=O)c2cc(OCc3ccccc3)ccc2OCc2ccccc2)c(OC)c1. The van der Waals surface area contributed by atoms with Crippen molar-refractivity contribution >= 4 is 15.9 Å². The number of hydrogen-bond donors (Lipinski definition) is 0. The van der Waals surface area contributed by atoms with E-state index < -0.39 is 9.84 Å². The molecule has 7 heteroatoms. The van der Waals surface area contributed by atoms with Gasteiger partial charge >= 0.3 is 0 Å². The van der Waals surface area contributed by atoms with E-state index >= 15 is 0 Å². The maximum atomic E-state index is 13.5. The van der Waals surface area contributed by atoms with Crippen LogP contribution in [0.15, 0.2) is 107 Å². The highest BCUT2D eigenvalue weighted by molar-refractivity contribution is 7.94. The molecule has 0 atom stereocenters. The predicted octanol–water partition coefficient (Wildman–Crippen LogP) is 6.31. The van der Waals surface area contributed by atoms with Gasteiger partial charge in [-0.05, 0) is 41.5 Å². The summed E-state index contributed by atoms with van der Waals surface area (Å²) in [6.07, 6.45) is 1.49. The zero-order valence-electron chi connectivity index (χ0n) is 20.7. The lowest BCUT2D eigenvalue weighted by Gasteiger charge is -2.14. The molecule has 0 aliphatic heterocycles. The largest absolute Gasteiger partial charge is 0.497 e. The van der Waals surface area contributed by atoms with E-state index in [1.165, 1.54) is 19.3 Å². The molecule has 0 saturated carbocycles. The van der Waals surface area contributed by atoms with Crippen molar-refractivity contribution in [2.24, 2.45) is 0 Å². The van der Waals surface area contributed by atoms with E-state index in [9.17, 15) is 8.42 Å². The zero-order valence-corrected chi connectivity index (χ0v) is 21.5. The Labute approximate surface area is 217 Å². The Morgan fingerprint density at radius 3 is 1.89 bits per heavy atom. The highest BCUT2D eigenvalue weighted by Gasteiger charge is 2.19. The third-order valence-electron chi connectivity index (χ3n) is 5.57. The lowest BCUT2D eigenvalue weighted by atomic mass is 10.2. The molecule has 0 spiro atoms. The first-order valence-corrected chi connectivity index (χ1v) is 13.2. The average Bonchev–Trinajstić information content (AvgIpc) is 2.95. The first-order chi connectivity index (χ1) is 18.0. The Hall–Kier alpha value is -4.23. The molecule has 37 heavy (non-hydrogen) atoms. The number of methoxy groups -OCH3 is 2. The van der Waals surface area contributed by atoms with Gasteiger partial charge in [0.15, 0.2) is 0 Å². The summed E-state index contributed by atoms with van der Waals surface area (Å²) in [5, 5.41) is 1.14. The van der Waals surface area contributed by atoms with Crippen LogP contribution in [-0.4, -0.2) is 22.6 Å². The van der Waals surface area contributed by atoms with Gasteiger partial charge in [-0.1, -0.05) is 60.7 Å². The van der Waals surface area contributed by atoms with E-state index in [1.807, 2.05) is 60.7 Å². The molecule has 0 fully saturated rings. The fourth-order valence-corrected chi connectivity index (χ4v) is 4.75. The average molecular weight is 517 g/mol. The van der Waals surface area contributed by atoms with Crippen LogP contribution in [0.25, 0.3) is 6.08 Å². The summed E-state index contributed by atoms with van der Waals surface area (Å²) in [4.78, 5) is 0.0118. The molecule has 0 saturated heterocycles. The molecule has 4 aromatic carbocycles. The second-order valence-electron chi connectivity index (χ2n) is 8.11. The molecular formula is C30H28O6S. The van der Waals surface area contributed by atoms with Crippen molar-refractivity contribution in [3.8, 4) is 23.0 Å². The van der Waals surface area contributed by atoms with E-state index in [0.717, 1.165) is 16.5 Å². The molecule has 6 nitrogen and oxygen atoms in total. The molecule has 0 aromatic heterocycles. The third-order valence-corrected chi connectivity index (χ3v) is 7.00. The highest BCUT2D eigenvalue weighted by Crippen LogP contribution is 2.32. The molecule has 0 amide bonds. The minimum absolute atomic E-state index is 0.0118. The number of rotatable bonds is 11. The van der Waals surface area contributed by atoms with Crippen molar-refractivity contribution in [1.82, 2.24) is 0 Å². The van der Waals surface area contributed by atoms with Gasteiger partial charge in [0.1, 0.15) is 41.1 Å². The first kappa shape index (κ1) is 25.9. The van der Waals surface area contributed by atoms with Crippen LogP contribution in [0.2, 0.25) is 0 Å². The second kappa shape index (κ2) is 12.1. The molecule has 0 heterocycles. The summed E-state index contributed by atoms with van der Waals surface area (Å²) in [7, 11) is -0.840. The fourth-order valence-electron chi connectivity index (χ4n) is 3.59. The first-order valence-electron chi connectivity index (χ1n) is 11.6. The van der Waals surface area contributed by atoms with Crippen LogP contribution in [0, 0.1) is 0 Å². The van der Waals surface area contributed by atoms with Crippen molar-refractivity contribution in [2.45, 2.75) is 18.1 Å². The molecule has 190 valence electrons. The van der Waals surface area contributed by atoms with Gasteiger partial charge in [0.25, 0.3) is 0 Å². The van der Waals surface area contributed by atoms with E-state index in [-0.39, 0.29) is 17.3 Å². The normalized spacial score (nSPS) is 11.3. The highest BCUT2D eigenvalue weighted by atomic mass is 32.2. The monoisotopic (exact) mass is 516 g/mol. The Morgan fingerprint density at radius 1 is 0.649 bits per heavy atom. The number of benzene rings is 4. The van der Waals surface area contributed by atoms with Crippen LogP contribution < -0.4 is 18.9 Å². The summed E-state index contributed by atoms with van der Waals surface area (Å²) in [6.45, 7) is 0.535. The third kappa shape index (κ3) is 6.92. The molecular weight excluding hydrogens is 488 g/mol. The van der Waals surface area contributed by atoms with Crippen molar-refractivity contribution in [3.63, 3.8) is 0 Å². The van der Waals surface area contributed by atoms with Gasteiger partial charge in [-0.3, -0.25) is 0 Å². The summed E-state index contributed by atoms with van der Waals surface area (Å²) in [5.74, 6) is 1.76. The molecule has 4 rings (SSSR count). The Morgan fingerprint density at radius 2 is 1.27 bits per heavy atom. The van der Waals surface area contributed by atoms with Gasteiger partial charge < -0.3 is 18.9 Å². The van der Waals surface area contributed by atoms with Crippen LogP contribution in [0.4, 0.5) is 0 Å². The number of hydrogen-bond acceptors (Lipinski definition) is 6. The standard InChI is InChI=1S/C30H28O6S/c1-33-26-14-13-25(29(19-26)34-2)17-18-37(31,32)30-20-27(35-21-23-9-5-3-6-10-23)15-16-28(30)36-22-24-11-7-4-8-12-24/h3-20H,21-22H2,1-2H3/b18-17+. The van der Waals surface area contributed by atoms with Gasteiger partial charge in [-0.2, -0.15) is 0 Å².